The van der Waals surface area contributed by atoms with Gasteiger partial charge in [-0.15, -0.1) is 10.2 Å². The molecule has 2 N–H and O–H groups in total. The summed E-state index contributed by atoms with van der Waals surface area (Å²) in [7, 11) is 0. The van der Waals surface area contributed by atoms with Crippen molar-refractivity contribution in [3.05, 3.63) is 17.5 Å². The van der Waals surface area contributed by atoms with E-state index in [1.54, 1.807) is 0 Å². The molecule has 0 aliphatic carbocycles. The summed E-state index contributed by atoms with van der Waals surface area (Å²) >= 11 is 1.53. The Morgan fingerprint density at radius 3 is 2.55 bits per heavy atom. The van der Waals surface area contributed by atoms with Crippen LogP contribution in [0.5, 0.6) is 0 Å². The van der Waals surface area contributed by atoms with Crippen molar-refractivity contribution in [2.75, 3.05) is 0 Å². The lowest BCUT2D eigenvalue weighted by Crippen LogP contribution is -2.11. The fraction of sp³-hybridized carbons (Fsp3) is 0.667. The molecule has 2 aromatic heterocycles. The highest BCUT2D eigenvalue weighted by Gasteiger charge is 2.16. The summed E-state index contributed by atoms with van der Waals surface area (Å²) in [5, 5.41) is 13.0. The minimum absolute atomic E-state index is 0.264. The first-order valence-electron chi connectivity index (χ1n) is 6.62. The quantitative estimate of drug-likeness (QED) is 0.815. The zero-order valence-corrected chi connectivity index (χ0v) is 13.0. The van der Waals surface area contributed by atoms with Gasteiger partial charge in [0.1, 0.15) is 5.82 Å². The van der Waals surface area contributed by atoms with E-state index in [4.69, 9.17) is 10.3 Å². The molecule has 7 nitrogen and oxygen atoms in total. The molecule has 0 radical (unpaired) electrons. The van der Waals surface area contributed by atoms with Gasteiger partial charge in [-0.05, 0) is 13.8 Å². The summed E-state index contributed by atoms with van der Waals surface area (Å²) in [4.78, 5) is 4.35. The Kier molecular flexibility index (Phi) is 4.77. The third-order valence-electron chi connectivity index (χ3n) is 2.76. The average molecular weight is 296 g/mol. The lowest BCUT2D eigenvalue weighted by atomic mass is 10.2. The maximum Gasteiger partial charge on any atom is 0.237 e. The van der Waals surface area contributed by atoms with Crippen LogP contribution in [0.3, 0.4) is 0 Å². The largest absolute Gasteiger partial charge is 0.338 e. The van der Waals surface area contributed by atoms with Crippen LogP contribution in [0.2, 0.25) is 0 Å². The van der Waals surface area contributed by atoms with Crippen LogP contribution >= 0.6 is 11.8 Å². The second-order valence-corrected chi connectivity index (χ2v) is 6.00. The predicted octanol–water partition coefficient (Wildman–Crippen LogP) is 2.12. The highest BCUT2D eigenvalue weighted by atomic mass is 32.2. The van der Waals surface area contributed by atoms with Crippen LogP contribution in [0, 0.1) is 0 Å². The molecule has 2 rings (SSSR count). The fourth-order valence-corrected chi connectivity index (χ4v) is 2.67. The Balaban J connectivity index is 2.08. The number of nitrogens with two attached hydrogens (primary N) is 1. The Hall–Kier alpha value is -1.41. The molecule has 0 unspecified atom stereocenters. The summed E-state index contributed by atoms with van der Waals surface area (Å²) in [6.07, 6.45) is 0. The minimum atomic E-state index is 0.264. The van der Waals surface area contributed by atoms with E-state index in [0.717, 1.165) is 16.8 Å². The van der Waals surface area contributed by atoms with Crippen LogP contribution in [0.4, 0.5) is 0 Å². The van der Waals surface area contributed by atoms with Gasteiger partial charge in [0.15, 0.2) is 11.0 Å². The van der Waals surface area contributed by atoms with Crippen molar-refractivity contribution >= 4 is 11.8 Å². The van der Waals surface area contributed by atoms with E-state index in [-0.39, 0.29) is 12.0 Å². The molecule has 110 valence electrons. The van der Waals surface area contributed by atoms with Crippen LogP contribution in [0.1, 0.15) is 57.2 Å². The Morgan fingerprint density at radius 2 is 2.00 bits per heavy atom. The van der Waals surface area contributed by atoms with Crippen LogP contribution in [-0.2, 0) is 12.3 Å². The van der Waals surface area contributed by atoms with Gasteiger partial charge in [0.05, 0.1) is 12.3 Å². The van der Waals surface area contributed by atoms with Crippen LogP contribution in [-0.4, -0.2) is 24.9 Å². The first-order valence-corrected chi connectivity index (χ1v) is 7.60. The van der Waals surface area contributed by atoms with Crippen molar-refractivity contribution in [1.82, 2.24) is 24.9 Å². The van der Waals surface area contributed by atoms with Crippen molar-refractivity contribution in [3.63, 3.8) is 0 Å². The lowest BCUT2D eigenvalue weighted by Gasteiger charge is -2.11. The number of thioether (sulfide) groups is 1. The number of rotatable bonds is 6. The molecule has 0 spiro atoms. The molecule has 2 heterocycles. The summed E-state index contributed by atoms with van der Waals surface area (Å²) in [6, 6.07) is 0.264. The van der Waals surface area contributed by atoms with E-state index in [9.17, 15) is 0 Å². The number of nitrogens with zero attached hydrogens (tertiary/aromatic N) is 5. The van der Waals surface area contributed by atoms with Crippen molar-refractivity contribution in [3.8, 4) is 0 Å². The number of hydrogen-bond donors (Lipinski definition) is 1. The van der Waals surface area contributed by atoms with E-state index >= 15 is 0 Å². The zero-order valence-electron chi connectivity index (χ0n) is 12.2. The molecule has 8 heteroatoms. The molecule has 20 heavy (non-hydrogen) atoms. The van der Waals surface area contributed by atoms with Crippen LogP contribution in [0.25, 0.3) is 0 Å². The molecule has 0 aliphatic rings. The Labute approximate surface area is 122 Å². The van der Waals surface area contributed by atoms with E-state index in [1.165, 1.54) is 11.8 Å². The van der Waals surface area contributed by atoms with Crippen molar-refractivity contribution in [2.24, 2.45) is 5.73 Å². The van der Waals surface area contributed by atoms with Gasteiger partial charge in [0.2, 0.25) is 5.89 Å². The Morgan fingerprint density at radius 1 is 1.25 bits per heavy atom. The summed E-state index contributed by atoms with van der Waals surface area (Å²) < 4.78 is 7.25. The van der Waals surface area contributed by atoms with Crippen molar-refractivity contribution in [2.45, 2.75) is 57.1 Å². The molecule has 0 atom stereocenters. The summed E-state index contributed by atoms with van der Waals surface area (Å²) in [5.74, 6) is 2.96. The molecular weight excluding hydrogens is 276 g/mol. The SMILES string of the molecule is CC(C)c1noc(CSc2nnc(CN)n2C(C)C)n1. The van der Waals surface area contributed by atoms with Crippen molar-refractivity contribution in [1.29, 1.82) is 0 Å². The fourth-order valence-electron chi connectivity index (χ4n) is 1.75. The van der Waals surface area contributed by atoms with Gasteiger partial charge in [-0.25, -0.2) is 0 Å². The molecule has 0 fully saturated rings. The van der Waals surface area contributed by atoms with Gasteiger partial charge in [-0.2, -0.15) is 4.98 Å². The van der Waals surface area contributed by atoms with Crippen molar-refractivity contribution < 1.29 is 4.52 Å². The van der Waals surface area contributed by atoms with Crippen LogP contribution < -0.4 is 5.73 Å². The second kappa shape index (κ2) is 6.36. The topological polar surface area (TPSA) is 95.6 Å². The molecule has 0 saturated heterocycles. The van der Waals surface area contributed by atoms with E-state index in [0.29, 0.717) is 18.2 Å². The van der Waals surface area contributed by atoms with Gasteiger partial charge < -0.3 is 14.8 Å². The minimum Gasteiger partial charge on any atom is -0.338 e. The first kappa shape index (κ1) is 15.0. The van der Waals surface area contributed by atoms with Gasteiger partial charge in [0, 0.05) is 12.0 Å². The van der Waals surface area contributed by atoms with Crippen LogP contribution in [0.15, 0.2) is 9.68 Å². The third kappa shape index (κ3) is 3.18. The number of hydrogen-bond acceptors (Lipinski definition) is 7. The maximum absolute atomic E-state index is 5.67. The van der Waals surface area contributed by atoms with Gasteiger partial charge >= 0.3 is 0 Å². The summed E-state index contributed by atoms with van der Waals surface area (Å²) in [6.45, 7) is 8.60. The van der Waals surface area contributed by atoms with Gasteiger partial charge in [-0.1, -0.05) is 30.8 Å². The standard InChI is InChI=1S/C12H20N6OS/c1-7(2)11-14-10(19-17-11)6-20-12-16-15-9(5-13)18(12)8(3)4/h7-8H,5-6,13H2,1-4H3. The molecule has 0 aromatic carbocycles. The summed E-state index contributed by atoms with van der Waals surface area (Å²) in [5.41, 5.74) is 5.67. The second-order valence-electron chi connectivity index (χ2n) is 5.06. The Bertz CT molecular complexity index is 562. The normalized spacial score (nSPS) is 11.8. The molecule has 0 amide bonds. The monoisotopic (exact) mass is 296 g/mol. The molecule has 2 aromatic rings. The van der Waals surface area contributed by atoms with Gasteiger partial charge in [-0.3, -0.25) is 0 Å². The molecule has 0 saturated carbocycles. The van der Waals surface area contributed by atoms with E-state index < -0.39 is 0 Å². The average Bonchev–Trinajstić information content (AvgIpc) is 3.02. The maximum atomic E-state index is 5.67. The lowest BCUT2D eigenvalue weighted by molar-refractivity contribution is 0.382. The number of aromatic nitrogens is 5. The highest BCUT2D eigenvalue weighted by Crippen LogP contribution is 2.24. The molecular formula is C12H20N6OS. The smallest absolute Gasteiger partial charge is 0.237 e. The highest BCUT2D eigenvalue weighted by molar-refractivity contribution is 7.98. The van der Waals surface area contributed by atoms with E-state index in [2.05, 4.69) is 34.2 Å². The third-order valence-corrected chi connectivity index (χ3v) is 3.69. The van der Waals surface area contributed by atoms with Gasteiger partial charge in [0.25, 0.3) is 0 Å². The molecule has 0 bridgehead atoms. The molecule has 0 aliphatic heterocycles. The zero-order chi connectivity index (χ0) is 14.7. The van der Waals surface area contributed by atoms with E-state index in [1.807, 2.05) is 18.4 Å². The first-order chi connectivity index (χ1) is 9.52. The predicted molar refractivity (Wildman–Crippen MR) is 76.2 cm³/mol.